The molecule has 2 N–H and O–H groups in total. The maximum atomic E-state index is 10.9. The number of methoxy groups -OCH3 is 1. The van der Waals surface area contributed by atoms with Crippen molar-refractivity contribution in [1.82, 2.24) is 10.1 Å². The number of benzene rings is 1. The molecule has 19 heavy (non-hydrogen) atoms. The van der Waals surface area contributed by atoms with Gasteiger partial charge in [-0.1, -0.05) is 17.3 Å². The van der Waals surface area contributed by atoms with E-state index < -0.39 is 11.0 Å². The second-order valence-corrected chi connectivity index (χ2v) is 3.69. The first-order valence-corrected chi connectivity index (χ1v) is 5.47. The van der Waals surface area contributed by atoms with Crippen LogP contribution in [0.1, 0.15) is 12.0 Å². The third-order valence-corrected chi connectivity index (χ3v) is 2.56. The highest BCUT2D eigenvalue weighted by molar-refractivity contribution is 5.67. The number of aromatic nitrogens is 2. The van der Waals surface area contributed by atoms with E-state index in [1.807, 2.05) is 0 Å². The van der Waals surface area contributed by atoms with Gasteiger partial charge in [0.05, 0.1) is 4.92 Å². The van der Waals surface area contributed by atoms with Gasteiger partial charge in [0.25, 0.3) is 11.6 Å². The topological polar surface area (TPSA) is 117 Å². The minimum absolute atomic E-state index is 0.0865. The van der Waals surface area contributed by atoms with Gasteiger partial charge in [-0.3, -0.25) is 10.1 Å². The van der Waals surface area contributed by atoms with Crippen molar-refractivity contribution < 1.29 is 14.2 Å². The summed E-state index contributed by atoms with van der Waals surface area (Å²) in [6, 6.07) is 6.16. The zero-order valence-electron chi connectivity index (χ0n) is 10.1. The van der Waals surface area contributed by atoms with Crippen LogP contribution in [0.4, 0.5) is 5.69 Å². The Labute approximate surface area is 108 Å². The lowest BCUT2D eigenvalue weighted by Crippen LogP contribution is -2.14. The predicted octanol–water partition coefficient (Wildman–Crippen LogP) is 1.29. The Balaban J connectivity index is 2.41. The van der Waals surface area contributed by atoms with Crippen LogP contribution in [0.2, 0.25) is 0 Å². The van der Waals surface area contributed by atoms with Gasteiger partial charge in [0, 0.05) is 19.7 Å². The van der Waals surface area contributed by atoms with Gasteiger partial charge in [-0.2, -0.15) is 4.98 Å². The fourth-order valence-corrected chi connectivity index (χ4v) is 1.60. The summed E-state index contributed by atoms with van der Waals surface area (Å²) in [5.41, 5.74) is 5.68. The molecule has 0 aliphatic heterocycles. The molecule has 1 heterocycles. The van der Waals surface area contributed by atoms with E-state index in [9.17, 15) is 10.1 Å². The number of hydrogen-bond donors (Lipinski definition) is 1. The number of nitrogens with two attached hydrogens (primary N) is 1. The largest absolute Gasteiger partial charge is 0.370 e. The lowest BCUT2D eigenvalue weighted by Gasteiger charge is -2.05. The molecule has 0 saturated heterocycles. The Morgan fingerprint density at radius 3 is 2.89 bits per heavy atom. The molecule has 1 aromatic carbocycles. The summed E-state index contributed by atoms with van der Waals surface area (Å²) in [6.45, 7) is 0.176. The van der Waals surface area contributed by atoms with Crippen LogP contribution in [0.3, 0.4) is 0 Å². The molecule has 0 amide bonds. The molecule has 1 aromatic heterocycles. The first kappa shape index (κ1) is 13.1. The van der Waals surface area contributed by atoms with E-state index in [-0.39, 0.29) is 29.5 Å². The number of hydrogen-bond acceptors (Lipinski definition) is 7. The van der Waals surface area contributed by atoms with Gasteiger partial charge in [0.2, 0.25) is 5.82 Å². The molecule has 0 spiro atoms. The second kappa shape index (κ2) is 5.55. The van der Waals surface area contributed by atoms with E-state index in [2.05, 4.69) is 10.1 Å². The normalized spacial score (nSPS) is 12.3. The maximum absolute atomic E-state index is 10.9. The number of nitro benzene ring substituents is 1. The average molecular weight is 264 g/mol. The van der Waals surface area contributed by atoms with E-state index in [1.54, 1.807) is 18.2 Å². The van der Waals surface area contributed by atoms with Gasteiger partial charge >= 0.3 is 0 Å². The molecule has 100 valence electrons. The van der Waals surface area contributed by atoms with Crippen LogP contribution in [0, 0.1) is 10.1 Å². The van der Waals surface area contributed by atoms with E-state index in [0.717, 1.165) is 0 Å². The summed E-state index contributed by atoms with van der Waals surface area (Å²) in [5, 5.41) is 14.6. The summed E-state index contributed by atoms with van der Waals surface area (Å²) >= 11 is 0. The van der Waals surface area contributed by atoms with Gasteiger partial charge in [-0.25, -0.2) is 0 Å². The van der Waals surface area contributed by atoms with Crippen molar-refractivity contribution in [2.75, 3.05) is 13.7 Å². The molecule has 0 fully saturated rings. The molecule has 8 nitrogen and oxygen atoms in total. The number of nitro groups is 1. The van der Waals surface area contributed by atoms with Gasteiger partial charge in [-0.05, 0) is 6.07 Å². The quantitative estimate of drug-likeness (QED) is 0.638. The molecule has 0 bridgehead atoms. The van der Waals surface area contributed by atoms with Gasteiger partial charge in [0.1, 0.15) is 11.7 Å². The Morgan fingerprint density at radius 1 is 1.53 bits per heavy atom. The van der Waals surface area contributed by atoms with Crippen LogP contribution in [0.15, 0.2) is 28.8 Å². The van der Waals surface area contributed by atoms with Gasteiger partial charge < -0.3 is 15.0 Å². The Morgan fingerprint density at radius 2 is 2.26 bits per heavy atom. The van der Waals surface area contributed by atoms with Crippen molar-refractivity contribution in [2.45, 2.75) is 6.10 Å². The van der Waals surface area contributed by atoms with E-state index in [0.29, 0.717) is 0 Å². The Hall–Kier alpha value is -2.32. The molecular formula is C11H12N4O4. The monoisotopic (exact) mass is 264 g/mol. The minimum atomic E-state index is -0.524. The fourth-order valence-electron chi connectivity index (χ4n) is 1.60. The summed E-state index contributed by atoms with van der Waals surface area (Å²) in [5.74, 6) is 0.330. The van der Waals surface area contributed by atoms with Crippen molar-refractivity contribution in [1.29, 1.82) is 0 Å². The van der Waals surface area contributed by atoms with Gasteiger partial charge in [0.15, 0.2) is 0 Å². The number of rotatable bonds is 5. The van der Waals surface area contributed by atoms with Crippen molar-refractivity contribution in [3.05, 3.63) is 40.3 Å². The lowest BCUT2D eigenvalue weighted by atomic mass is 10.2. The van der Waals surface area contributed by atoms with Crippen LogP contribution in [0.5, 0.6) is 0 Å². The average Bonchev–Trinajstić information content (AvgIpc) is 2.89. The first-order chi connectivity index (χ1) is 9.17. The molecule has 2 rings (SSSR count). The standard InChI is InChI=1S/C11H12N4O4/c1-18-9(6-12)11-13-10(14-19-11)7-4-2-3-5-8(7)15(16)17/h2-5,9H,6,12H2,1H3. The van der Waals surface area contributed by atoms with E-state index in [1.165, 1.54) is 13.2 Å². The predicted molar refractivity (Wildman–Crippen MR) is 65.2 cm³/mol. The molecule has 0 saturated carbocycles. The van der Waals surface area contributed by atoms with Crippen LogP contribution >= 0.6 is 0 Å². The van der Waals surface area contributed by atoms with Gasteiger partial charge in [-0.15, -0.1) is 0 Å². The molecule has 8 heteroatoms. The molecule has 1 atom stereocenters. The smallest absolute Gasteiger partial charge is 0.280 e. The maximum Gasteiger partial charge on any atom is 0.280 e. The van der Waals surface area contributed by atoms with Crippen LogP contribution in [0.25, 0.3) is 11.4 Å². The van der Waals surface area contributed by atoms with Crippen LogP contribution in [-0.4, -0.2) is 28.7 Å². The molecular weight excluding hydrogens is 252 g/mol. The van der Waals surface area contributed by atoms with Crippen molar-refractivity contribution >= 4 is 5.69 Å². The summed E-state index contributed by atoms with van der Waals surface area (Å²) in [6.07, 6.45) is -0.524. The highest BCUT2D eigenvalue weighted by atomic mass is 16.6. The van der Waals surface area contributed by atoms with E-state index in [4.69, 9.17) is 15.0 Å². The van der Waals surface area contributed by atoms with Crippen molar-refractivity contribution in [3.63, 3.8) is 0 Å². The lowest BCUT2D eigenvalue weighted by molar-refractivity contribution is -0.384. The van der Waals surface area contributed by atoms with Crippen LogP contribution in [-0.2, 0) is 4.74 Å². The highest BCUT2D eigenvalue weighted by Gasteiger charge is 2.22. The van der Waals surface area contributed by atoms with Crippen LogP contribution < -0.4 is 5.73 Å². The summed E-state index contributed by atoms with van der Waals surface area (Å²) < 4.78 is 10.1. The molecule has 2 aromatic rings. The Kier molecular flexibility index (Phi) is 3.83. The fraction of sp³-hybridized carbons (Fsp3) is 0.273. The number of nitrogens with zero attached hydrogens (tertiary/aromatic N) is 3. The molecule has 0 aliphatic carbocycles. The van der Waals surface area contributed by atoms with Crippen molar-refractivity contribution in [3.8, 4) is 11.4 Å². The number of ether oxygens (including phenoxy) is 1. The first-order valence-electron chi connectivity index (χ1n) is 5.47. The third kappa shape index (κ3) is 2.59. The number of para-hydroxylation sites is 1. The summed E-state index contributed by atoms with van der Waals surface area (Å²) in [7, 11) is 1.46. The zero-order valence-corrected chi connectivity index (χ0v) is 10.1. The SMILES string of the molecule is COC(CN)c1nc(-c2ccccc2[N+](=O)[O-])no1. The molecule has 0 aliphatic rings. The molecule has 0 radical (unpaired) electrons. The zero-order chi connectivity index (χ0) is 13.8. The summed E-state index contributed by atoms with van der Waals surface area (Å²) in [4.78, 5) is 14.5. The highest BCUT2D eigenvalue weighted by Crippen LogP contribution is 2.28. The second-order valence-electron chi connectivity index (χ2n) is 3.69. The minimum Gasteiger partial charge on any atom is -0.370 e. The third-order valence-electron chi connectivity index (χ3n) is 2.56. The molecule has 1 unspecified atom stereocenters. The van der Waals surface area contributed by atoms with Crippen molar-refractivity contribution in [2.24, 2.45) is 5.73 Å². The van der Waals surface area contributed by atoms with E-state index >= 15 is 0 Å². The Bertz CT molecular complexity index is 580.